The van der Waals surface area contributed by atoms with Crippen LogP contribution < -0.4 is 5.32 Å². The van der Waals surface area contributed by atoms with E-state index in [4.69, 9.17) is 11.6 Å². The minimum absolute atomic E-state index is 0.0731. The van der Waals surface area contributed by atoms with Crippen molar-refractivity contribution in [3.8, 4) is 0 Å². The van der Waals surface area contributed by atoms with Crippen LogP contribution in [-0.2, 0) is 24.1 Å². The monoisotopic (exact) mass is 564 g/mol. The molecule has 1 unspecified atom stereocenters. The number of alkyl halides is 3. The molecule has 0 saturated carbocycles. The van der Waals surface area contributed by atoms with Crippen molar-refractivity contribution >= 4 is 28.4 Å². The van der Waals surface area contributed by atoms with E-state index in [2.05, 4.69) is 5.32 Å². The van der Waals surface area contributed by atoms with Gasteiger partial charge in [-0.2, -0.15) is 13.2 Å². The summed E-state index contributed by atoms with van der Waals surface area (Å²) < 4.78 is 56.8. The van der Waals surface area contributed by atoms with Crippen molar-refractivity contribution < 1.29 is 22.4 Å². The van der Waals surface area contributed by atoms with Crippen LogP contribution in [0.4, 0.5) is 17.6 Å². The molecule has 0 aliphatic rings. The molecule has 5 aromatic rings. The van der Waals surface area contributed by atoms with Crippen LogP contribution in [0.25, 0.3) is 10.9 Å². The molecule has 1 amide bonds. The molecule has 3 nitrogen and oxygen atoms in total. The molecular weight excluding hydrogens is 540 g/mol. The van der Waals surface area contributed by atoms with Gasteiger partial charge in [0.25, 0.3) is 0 Å². The molecule has 1 heterocycles. The zero-order valence-electron chi connectivity index (χ0n) is 21.3. The summed E-state index contributed by atoms with van der Waals surface area (Å²) >= 11 is 5.93. The first kappa shape index (κ1) is 27.5. The summed E-state index contributed by atoms with van der Waals surface area (Å²) in [5.41, 5.74) is 2.71. The Morgan fingerprint density at radius 2 is 1.57 bits per heavy atom. The van der Waals surface area contributed by atoms with E-state index in [9.17, 15) is 22.4 Å². The van der Waals surface area contributed by atoms with E-state index in [0.717, 1.165) is 28.1 Å². The zero-order valence-corrected chi connectivity index (χ0v) is 22.0. The van der Waals surface area contributed by atoms with Gasteiger partial charge in [0.2, 0.25) is 5.91 Å². The lowest BCUT2D eigenvalue weighted by Gasteiger charge is -2.19. The fraction of sp³-hybridized carbons (Fsp3) is 0.156. The predicted molar refractivity (Wildman–Crippen MR) is 149 cm³/mol. The second-order valence-electron chi connectivity index (χ2n) is 9.61. The Morgan fingerprint density at radius 1 is 0.875 bits per heavy atom. The number of nitrogens with one attached hydrogen (secondary N) is 1. The van der Waals surface area contributed by atoms with Gasteiger partial charge in [-0.3, -0.25) is 4.79 Å². The van der Waals surface area contributed by atoms with Crippen LogP contribution in [0, 0.1) is 5.82 Å². The summed E-state index contributed by atoms with van der Waals surface area (Å²) in [6.45, 7) is 0.718. The topological polar surface area (TPSA) is 34.0 Å². The van der Waals surface area contributed by atoms with Gasteiger partial charge >= 0.3 is 6.18 Å². The standard InChI is InChI=1S/C32H25ClF4N2O/c33-29-15-12-23(16-28(29)32(35,36)37)26(17-31(40)38-18-21-6-2-1-3-7-21)27-20-39(30-9-5-4-8-25(27)30)19-22-10-13-24(34)14-11-22/h1-16,20,26H,17-19H2,(H,38,40). The second-order valence-corrected chi connectivity index (χ2v) is 10.0. The third-order valence-electron chi connectivity index (χ3n) is 6.88. The number of nitrogens with zero attached hydrogens (tertiary/aromatic N) is 1. The van der Waals surface area contributed by atoms with Gasteiger partial charge < -0.3 is 9.88 Å². The minimum atomic E-state index is -4.65. The number of carbonyl (C=O) groups excluding carboxylic acids is 1. The highest BCUT2D eigenvalue weighted by Crippen LogP contribution is 2.40. The zero-order chi connectivity index (χ0) is 28.3. The molecule has 0 bridgehead atoms. The number of benzene rings is 4. The third kappa shape index (κ3) is 6.20. The average molecular weight is 565 g/mol. The molecule has 0 radical (unpaired) electrons. The van der Waals surface area contributed by atoms with Gasteiger partial charge in [-0.1, -0.05) is 78.3 Å². The molecule has 0 saturated heterocycles. The molecule has 1 atom stereocenters. The Kier molecular flexibility index (Phi) is 7.94. The molecule has 1 aromatic heterocycles. The maximum Gasteiger partial charge on any atom is 0.417 e. The van der Waals surface area contributed by atoms with Gasteiger partial charge in [0, 0.05) is 42.5 Å². The number of halogens is 5. The Hall–Kier alpha value is -4.10. The van der Waals surface area contributed by atoms with E-state index in [1.807, 2.05) is 65.4 Å². The first-order valence-corrected chi connectivity index (χ1v) is 13.1. The molecule has 0 fully saturated rings. The highest BCUT2D eigenvalue weighted by Gasteiger charge is 2.34. The van der Waals surface area contributed by atoms with E-state index in [1.165, 1.54) is 18.2 Å². The summed E-state index contributed by atoms with van der Waals surface area (Å²) in [4.78, 5) is 13.2. The maximum absolute atomic E-state index is 13.8. The van der Waals surface area contributed by atoms with Crippen molar-refractivity contribution in [1.82, 2.24) is 9.88 Å². The van der Waals surface area contributed by atoms with Crippen molar-refractivity contribution in [3.05, 3.63) is 142 Å². The maximum atomic E-state index is 13.8. The molecule has 40 heavy (non-hydrogen) atoms. The number of aromatic nitrogens is 1. The lowest BCUT2D eigenvalue weighted by Crippen LogP contribution is -2.25. The number of hydrogen-bond donors (Lipinski definition) is 1. The first-order chi connectivity index (χ1) is 19.2. The molecule has 5 rings (SSSR count). The van der Waals surface area contributed by atoms with E-state index in [1.54, 1.807) is 18.2 Å². The normalized spacial score (nSPS) is 12.4. The molecule has 0 aliphatic heterocycles. The van der Waals surface area contributed by atoms with E-state index in [0.29, 0.717) is 24.2 Å². The number of hydrogen-bond acceptors (Lipinski definition) is 1. The lowest BCUT2D eigenvalue weighted by molar-refractivity contribution is -0.137. The van der Waals surface area contributed by atoms with Crippen LogP contribution in [0.3, 0.4) is 0 Å². The van der Waals surface area contributed by atoms with E-state index >= 15 is 0 Å². The van der Waals surface area contributed by atoms with Gasteiger partial charge in [0.15, 0.2) is 0 Å². The Labute approximate surface area is 234 Å². The van der Waals surface area contributed by atoms with E-state index in [-0.39, 0.29) is 18.1 Å². The van der Waals surface area contributed by atoms with Crippen LogP contribution in [0.15, 0.2) is 103 Å². The number of amides is 1. The minimum Gasteiger partial charge on any atom is -0.352 e. The quantitative estimate of drug-likeness (QED) is 0.189. The molecule has 0 spiro atoms. The van der Waals surface area contributed by atoms with Crippen molar-refractivity contribution in [2.45, 2.75) is 31.6 Å². The molecule has 204 valence electrons. The molecular formula is C32H25ClF4N2O. The summed E-state index contributed by atoms with van der Waals surface area (Å²) in [7, 11) is 0. The Bertz CT molecular complexity index is 1630. The fourth-order valence-electron chi connectivity index (χ4n) is 4.91. The number of rotatable bonds is 8. The summed E-state index contributed by atoms with van der Waals surface area (Å²) in [5, 5.41) is 3.31. The van der Waals surface area contributed by atoms with Crippen LogP contribution >= 0.6 is 11.6 Å². The van der Waals surface area contributed by atoms with Gasteiger partial charge in [-0.25, -0.2) is 4.39 Å². The van der Waals surface area contributed by atoms with Crippen molar-refractivity contribution in [2.24, 2.45) is 0 Å². The molecule has 0 aliphatic carbocycles. The SMILES string of the molecule is O=C(CC(c1ccc(Cl)c(C(F)(F)F)c1)c1cn(Cc2ccc(F)cc2)c2ccccc12)NCc1ccccc1. The van der Waals surface area contributed by atoms with Gasteiger partial charge in [0.05, 0.1) is 10.6 Å². The van der Waals surface area contributed by atoms with Crippen molar-refractivity contribution in [2.75, 3.05) is 0 Å². The van der Waals surface area contributed by atoms with Gasteiger partial charge in [-0.15, -0.1) is 0 Å². The number of para-hydroxylation sites is 1. The average Bonchev–Trinajstić information content (AvgIpc) is 3.30. The highest BCUT2D eigenvalue weighted by molar-refractivity contribution is 6.31. The third-order valence-corrected chi connectivity index (χ3v) is 7.21. The Balaban J connectivity index is 1.56. The summed E-state index contributed by atoms with van der Waals surface area (Å²) in [6.07, 6.45) is -2.86. The first-order valence-electron chi connectivity index (χ1n) is 12.7. The predicted octanol–water partition coefficient (Wildman–Crippen LogP) is 8.34. The highest BCUT2D eigenvalue weighted by atomic mass is 35.5. The summed E-state index contributed by atoms with van der Waals surface area (Å²) in [5.74, 6) is -1.33. The smallest absolute Gasteiger partial charge is 0.352 e. The van der Waals surface area contributed by atoms with Crippen LogP contribution in [0.2, 0.25) is 5.02 Å². The second kappa shape index (κ2) is 11.6. The number of carbonyl (C=O) groups is 1. The van der Waals surface area contributed by atoms with Crippen molar-refractivity contribution in [3.63, 3.8) is 0 Å². The lowest BCUT2D eigenvalue weighted by atomic mass is 9.87. The van der Waals surface area contributed by atoms with Gasteiger partial charge in [0.1, 0.15) is 5.82 Å². The van der Waals surface area contributed by atoms with Crippen LogP contribution in [-0.4, -0.2) is 10.5 Å². The molecule has 8 heteroatoms. The van der Waals surface area contributed by atoms with E-state index < -0.39 is 22.7 Å². The van der Waals surface area contributed by atoms with Crippen LogP contribution in [0.5, 0.6) is 0 Å². The van der Waals surface area contributed by atoms with Gasteiger partial charge in [-0.05, 0) is 52.6 Å². The molecule has 4 aromatic carbocycles. The number of fused-ring (bicyclic) bond motifs is 1. The van der Waals surface area contributed by atoms with Crippen LogP contribution in [0.1, 0.15) is 40.2 Å². The summed E-state index contributed by atoms with van der Waals surface area (Å²) in [6, 6.07) is 26.9. The molecule has 1 N–H and O–H groups in total. The van der Waals surface area contributed by atoms with Crippen molar-refractivity contribution in [1.29, 1.82) is 0 Å². The largest absolute Gasteiger partial charge is 0.417 e. The fourth-order valence-corrected chi connectivity index (χ4v) is 5.13. The Morgan fingerprint density at radius 3 is 2.30 bits per heavy atom.